The van der Waals surface area contributed by atoms with Crippen molar-refractivity contribution in [2.45, 2.75) is 58.4 Å². The monoisotopic (exact) mass is 353 g/mol. The molecule has 0 spiro atoms. The van der Waals surface area contributed by atoms with Crippen LogP contribution in [-0.4, -0.2) is 16.8 Å². The fraction of sp³-hybridized carbons (Fsp3) is 0.611. The molecule has 2 atom stereocenters. The van der Waals surface area contributed by atoms with Crippen molar-refractivity contribution < 1.29 is 4.79 Å². The van der Waals surface area contributed by atoms with E-state index in [1.165, 1.54) is 0 Å². The Hall–Kier alpha value is -0.830. The maximum Gasteiger partial charge on any atom is 0.228 e. The molecule has 1 aromatic carbocycles. The summed E-state index contributed by atoms with van der Waals surface area (Å²) < 4.78 is 0. The van der Waals surface area contributed by atoms with Gasteiger partial charge in [0.05, 0.1) is 5.92 Å². The van der Waals surface area contributed by atoms with Crippen LogP contribution in [-0.2, 0) is 4.79 Å². The minimum atomic E-state index is -0.141. The van der Waals surface area contributed by atoms with Gasteiger partial charge in [0.1, 0.15) is 0 Å². The highest BCUT2D eigenvalue weighted by atomic mass is 79.9. The van der Waals surface area contributed by atoms with Crippen molar-refractivity contribution in [3.63, 3.8) is 0 Å². The fourth-order valence-electron chi connectivity index (χ4n) is 2.62. The zero-order valence-corrected chi connectivity index (χ0v) is 15.2. The highest BCUT2D eigenvalue weighted by molar-refractivity contribution is 9.09. The van der Waals surface area contributed by atoms with Crippen LogP contribution in [0.15, 0.2) is 30.3 Å². The van der Waals surface area contributed by atoms with Crippen molar-refractivity contribution in [2.24, 2.45) is 5.92 Å². The normalized spacial score (nSPS) is 14.5. The first kappa shape index (κ1) is 18.2. The SMILES string of the molecule is CCC(C)C(C(=O)NC(CC)(CC)CBr)c1ccccc1. The number of alkyl halides is 1. The van der Waals surface area contributed by atoms with Crippen LogP contribution in [0.2, 0.25) is 0 Å². The van der Waals surface area contributed by atoms with Gasteiger partial charge in [-0.1, -0.05) is 80.4 Å². The lowest BCUT2D eigenvalue weighted by Gasteiger charge is -2.34. The topological polar surface area (TPSA) is 29.1 Å². The molecule has 0 aliphatic carbocycles. The molecule has 2 unspecified atom stereocenters. The molecule has 1 aromatic rings. The summed E-state index contributed by atoms with van der Waals surface area (Å²) in [4.78, 5) is 12.9. The molecular formula is C18H28BrNO. The molecule has 0 fully saturated rings. The van der Waals surface area contributed by atoms with E-state index < -0.39 is 0 Å². The van der Waals surface area contributed by atoms with Crippen molar-refractivity contribution in [2.75, 3.05) is 5.33 Å². The van der Waals surface area contributed by atoms with Gasteiger partial charge in [0.25, 0.3) is 0 Å². The molecule has 0 aliphatic heterocycles. The second kappa shape index (κ2) is 8.57. The van der Waals surface area contributed by atoms with Gasteiger partial charge in [-0.25, -0.2) is 0 Å². The average Bonchev–Trinajstić information content (AvgIpc) is 2.53. The summed E-state index contributed by atoms with van der Waals surface area (Å²) in [6, 6.07) is 10.1. The number of rotatable bonds is 8. The molecule has 0 bridgehead atoms. The fourth-order valence-corrected chi connectivity index (χ4v) is 3.56. The number of amides is 1. The molecule has 0 saturated carbocycles. The summed E-state index contributed by atoms with van der Waals surface area (Å²) in [7, 11) is 0. The Balaban J connectivity index is 3.02. The maximum absolute atomic E-state index is 12.9. The van der Waals surface area contributed by atoms with Gasteiger partial charge >= 0.3 is 0 Å². The molecule has 1 N–H and O–H groups in total. The Morgan fingerprint density at radius 1 is 1.19 bits per heavy atom. The van der Waals surface area contributed by atoms with Gasteiger partial charge in [-0.2, -0.15) is 0 Å². The lowest BCUT2D eigenvalue weighted by molar-refractivity contribution is -0.125. The third-order valence-corrected chi connectivity index (χ3v) is 5.73. The molecule has 0 saturated heterocycles. The molecule has 2 nitrogen and oxygen atoms in total. The number of hydrogen-bond donors (Lipinski definition) is 1. The first-order chi connectivity index (χ1) is 10.0. The summed E-state index contributed by atoms with van der Waals surface area (Å²) in [6.07, 6.45) is 2.86. The molecule has 21 heavy (non-hydrogen) atoms. The molecule has 3 heteroatoms. The Morgan fingerprint density at radius 3 is 2.19 bits per heavy atom. The quantitative estimate of drug-likeness (QED) is 0.662. The number of nitrogens with one attached hydrogen (secondary N) is 1. The minimum Gasteiger partial charge on any atom is -0.349 e. The van der Waals surface area contributed by atoms with Crippen molar-refractivity contribution in [3.8, 4) is 0 Å². The van der Waals surface area contributed by atoms with Gasteiger partial charge in [0.15, 0.2) is 0 Å². The lowest BCUT2D eigenvalue weighted by atomic mass is 9.83. The summed E-state index contributed by atoms with van der Waals surface area (Å²) in [5.41, 5.74) is 0.970. The van der Waals surface area contributed by atoms with E-state index in [0.29, 0.717) is 5.92 Å². The standard InChI is InChI=1S/C18H28BrNO/c1-5-14(4)16(15-11-9-8-10-12-15)17(21)20-18(6-2,7-3)13-19/h8-12,14,16H,5-7,13H2,1-4H3,(H,20,21). The van der Waals surface area contributed by atoms with E-state index in [0.717, 1.165) is 30.2 Å². The first-order valence-electron chi connectivity index (χ1n) is 7.96. The molecule has 0 aromatic heterocycles. The molecule has 0 aliphatic rings. The number of hydrogen-bond acceptors (Lipinski definition) is 1. The van der Waals surface area contributed by atoms with Crippen LogP contribution in [0.25, 0.3) is 0 Å². The Labute approximate surface area is 137 Å². The number of benzene rings is 1. The molecular weight excluding hydrogens is 326 g/mol. The van der Waals surface area contributed by atoms with Gasteiger partial charge in [-0.15, -0.1) is 0 Å². The summed E-state index contributed by atoms with van der Waals surface area (Å²) in [5, 5.41) is 4.10. The smallest absolute Gasteiger partial charge is 0.228 e. The van der Waals surface area contributed by atoms with E-state index in [1.54, 1.807) is 0 Å². The van der Waals surface area contributed by atoms with Crippen LogP contribution in [0.3, 0.4) is 0 Å². The van der Waals surface area contributed by atoms with Crippen LogP contribution in [0.5, 0.6) is 0 Å². The predicted molar refractivity (Wildman–Crippen MR) is 93.9 cm³/mol. The van der Waals surface area contributed by atoms with Gasteiger partial charge in [-0.3, -0.25) is 4.79 Å². The Bertz CT molecular complexity index is 420. The van der Waals surface area contributed by atoms with Gasteiger partial charge < -0.3 is 5.32 Å². The van der Waals surface area contributed by atoms with E-state index in [-0.39, 0.29) is 17.4 Å². The zero-order chi connectivity index (χ0) is 15.9. The summed E-state index contributed by atoms with van der Waals surface area (Å²) >= 11 is 3.57. The molecule has 1 amide bonds. The van der Waals surface area contributed by atoms with Gasteiger partial charge in [0, 0.05) is 10.9 Å². The van der Waals surface area contributed by atoms with Gasteiger partial charge in [0.2, 0.25) is 5.91 Å². The zero-order valence-electron chi connectivity index (χ0n) is 13.7. The highest BCUT2D eigenvalue weighted by Crippen LogP contribution is 2.29. The van der Waals surface area contributed by atoms with Crippen LogP contribution in [0.1, 0.15) is 58.4 Å². The number of carbonyl (C=O) groups excluding carboxylic acids is 1. The maximum atomic E-state index is 12.9. The lowest BCUT2D eigenvalue weighted by Crippen LogP contribution is -2.51. The molecule has 1 rings (SSSR count). The van der Waals surface area contributed by atoms with Crippen LogP contribution in [0, 0.1) is 5.92 Å². The van der Waals surface area contributed by atoms with E-state index in [9.17, 15) is 4.79 Å². The van der Waals surface area contributed by atoms with Crippen molar-refractivity contribution >= 4 is 21.8 Å². The van der Waals surface area contributed by atoms with Gasteiger partial charge in [-0.05, 0) is 24.3 Å². The van der Waals surface area contributed by atoms with Crippen LogP contribution >= 0.6 is 15.9 Å². The first-order valence-corrected chi connectivity index (χ1v) is 9.08. The average molecular weight is 354 g/mol. The number of halogens is 1. The Morgan fingerprint density at radius 2 is 1.76 bits per heavy atom. The Kier molecular flexibility index (Phi) is 7.44. The minimum absolute atomic E-state index is 0.0762. The summed E-state index contributed by atoms with van der Waals surface area (Å²) in [5.74, 6) is 0.403. The van der Waals surface area contributed by atoms with Crippen LogP contribution in [0.4, 0.5) is 0 Å². The molecule has 0 heterocycles. The van der Waals surface area contributed by atoms with E-state index in [4.69, 9.17) is 0 Å². The van der Waals surface area contributed by atoms with Crippen molar-refractivity contribution in [3.05, 3.63) is 35.9 Å². The number of carbonyl (C=O) groups is 1. The largest absolute Gasteiger partial charge is 0.349 e. The molecule has 0 radical (unpaired) electrons. The van der Waals surface area contributed by atoms with E-state index in [2.05, 4.69) is 61.1 Å². The summed E-state index contributed by atoms with van der Waals surface area (Å²) in [6.45, 7) is 8.56. The van der Waals surface area contributed by atoms with Crippen molar-refractivity contribution in [1.82, 2.24) is 5.32 Å². The highest BCUT2D eigenvalue weighted by Gasteiger charge is 2.32. The molecule has 118 valence electrons. The second-order valence-corrected chi connectivity index (χ2v) is 6.44. The van der Waals surface area contributed by atoms with Crippen LogP contribution < -0.4 is 5.32 Å². The van der Waals surface area contributed by atoms with E-state index >= 15 is 0 Å². The predicted octanol–water partition coefficient (Wildman–Crippen LogP) is 4.89. The third kappa shape index (κ3) is 4.57. The van der Waals surface area contributed by atoms with Crippen molar-refractivity contribution in [1.29, 1.82) is 0 Å². The van der Waals surface area contributed by atoms with E-state index in [1.807, 2.05) is 18.2 Å². The second-order valence-electron chi connectivity index (χ2n) is 5.88. The third-order valence-electron chi connectivity index (χ3n) is 4.65.